The Morgan fingerprint density at radius 3 is 2.88 bits per heavy atom. The van der Waals surface area contributed by atoms with Gasteiger partial charge in [0.2, 0.25) is 0 Å². The van der Waals surface area contributed by atoms with E-state index in [1.165, 1.54) is 0 Å². The normalized spacial score (nSPS) is 17.4. The molecular weight excluding hydrogens is 349 g/mol. The van der Waals surface area contributed by atoms with E-state index >= 15 is 0 Å². The van der Waals surface area contributed by atoms with Gasteiger partial charge in [-0.1, -0.05) is 41.4 Å². The highest BCUT2D eigenvalue weighted by molar-refractivity contribution is 6.35. The fraction of sp³-hybridized carbons (Fsp3) is 0.278. The van der Waals surface area contributed by atoms with Gasteiger partial charge in [-0.2, -0.15) is 0 Å². The summed E-state index contributed by atoms with van der Waals surface area (Å²) in [5.74, 6) is 1.03. The van der Waals surface area contributed by atoms with Crippen molar-refractivity contribution in [2.45, 2.75) is 25.5 Å². The lowest BCUT2D eigenvalue weighted by Crippen LogP contribution is -2.40. The van der Waals surface area contributed by atoms with Crippen molar-refractivity contribution in [3.8, 4) is 11.5 Å². The Kier molecular flexibility index (Phi) is 5.17. The molecule has 2 atom stereocenters. The maximum absolute atomic E-state index is 12.5. The third kappa shape index (κ3) is 3.77. The first-order chi connectivity index (χ1) is 11.5. The zero-order valence-electron chi connectivity index (χ0n) is 13.1. The van der Waals surface area contributed by atoms with E-state index in [1.807, 2.05) is 24.3 Å². The number of ether oxygens (including phenoxy) is 2. The zero-order chi connectivity index (χ0) is 17.1. The second-order valence-electron chi connectivity index (χ2n) is 5.57. The van der Waals surface area contributed by atoms with E-state index in [-0.39, 0.29) is 11.9 Å². The second kappa shape index (κ2) is 7.32. The number of halogens is 2. The summed E-state index contributed by atoms with van der Waals surface area (Å²) in [6.45, 7) is 2.26. The van der Waals surface area contributed by atoms with Crippen LogP contribution >= 0.6 is 23.2 Å². The van der Waals surface area contributed by atoms with E-state index in [0.717, 1.165) is 17.7 Å². The molecule has 1 heterocycles. The second-order valence-corrected chi connectivity index (χ2v) is 6.41. The van der Waals surface area contributed by atoms with Crippen LogP contribution in [0.25, 0.3) is 0 Å². The number of hydrogen-bond acceptors (Lipinski definition) is 3. The van der Waals surface area contributed by atoms with Crippen molar-refractivity contribution in [3.05, 3.63) is 58.1 Å². The molecule has 2 aromatic rings. The molecule has 1 N–H and O–H groups in total. The fourth-order valence-corrected chi connectivity index (χ4v) is 3.05. The third-order valence-electron chi connectivity index (χ3n) is 3.84. The molecule has 0 aromatic heterocycles. The van der Waals surface area contributed by atoms with Gasteiger partial charge in [0.05, 0.1) is 17.7 Å². The summed E-state index contributed by atoms with van der Waals surface area (Å²) in [5.41, 5.74) is 0.980. The number of nitrogens with one attached hydrogen (secondary N) is 1. The summed E-state index contributed by atoms with van der Waals surface area (Å²) >= 11 is 11.9. The molecule has 0 spiro atoms. The quantitative estimate of drug-likeness (QED) is 0.873. The van der Waals surface area contributed by atoms with Crippen LogP contribution in [0.5, 0.6) is 11.5 Å². The van der Waals surface area contributed by atoms with Crippen molar-refractivity contribution < 1.29 is 14.3 Å². The first-order valence-electron chi connectivity index (χ1n) is 7.68. The van der Waals surface area contributed by atoms with Gasteiger partial charge in [0.15, 0.2) is 6.10 Å². The maximum Gasteiger partial charge on any atom is 0.261 e. The average Bonchev–Trinajstić information content (AvgIpc) is 2.57. The Labute approximate surface area is 150 Å². The highest BCUT2D eigenvalue weighted by atomic mass is 35.5. The molecule has 3 rings (SSSR count). The van der Waals surface area contributed by atoms with Gasteiger partial charge < -0.3 is 14.8 Å². The van der Waals surface area contributed by atoms with Crippen molar-refractivity contribution in [1.82, 2.24) is 5.32 Å². The molecular formula is C18H17Cl2NO3. The summed E-state index contributed by atoms with van der Waals surface area (Å²) in [6, 6.07) is 12.5. The van der Waals surface area contributed by atoms with E-state index in [0.29, 0.717) is 22.4 Å². The summed E-state index contributed by atoms with van der Waals surface area (Å²) in [4.78, 5) is 12.5. The van der Waals surface area contributed by atoms with E-state index in [2.05, 4.69) is 5.32 Å². The lowest BCUT2D eigenvalue weighted by atomic mass is 10.0. The van der Waals surface area contributed by atoms with Crippen molar-refractivity contribution in [2.24, 2.45) is 0 Å². The van der Waals surface area contributed by atoms with E-state index < -0.39 is 6.10 Å². The molecule has 1 amide bonds. The SMILES string of the molecule is C[C@@H](Oc1ccc(Cl)cc1Cl)C(=O)N[C@H]1CCOc2ccccc21. The Morgan fingerprint density at radius 1 is 1.29 bits per heavy atom. The first kappa shape index (κ1) is 16.9. The minimum Gasteiger partial charge on any atom is -0.493 e. The minimum absolute atomic E-state index is 0.0887. The van der Waals surface area contributed by atoms with Gasteiger partial charge in [0, 0.05) is 17.0 Å². The number of fused-ring (bicyclic) bond motifs is 1. The van der Waals surface area contributed by atoms with Gasteiger partial charge in [0.25, 0.3) is 5.91 Å². The summed E-state index contributed by atoms with van der Waals surface area (Å²) in [6.07, 6.45) is 0.0376. The van der Waals surface area contributed by atoms with Crippen LogP contribution in [0.3, 0.4) is 0 Å². The molecule has 0 fully saturated rings. The van der Waals surface area contributed by atoms with Gasteiger partial charge in [-0.05, 0) is 31.2 Å². The third-order valence-corrected chi connectivity index (χ3v) is 4.37. The van der Waals surface area contributed by atoms with Crippen molar-refractivity contribution in [2.75, 3.05) is 6.61 Å². The Bertz CT molecular complexity index is 751. The minimum atomic E-state index is -0.682. The molecule has 0 saturated carbocycles. The molecule has 6 heteroatoms. The van der Waals surface area contributed by atoms with Crippen molar-refractivity contribution in [1.29, 1.82) is 0 Å². The molecule has 0 bridgehead atoms. The van der Waals surface area contributed by atoms with Gasteiger partial charge in [0.1, 0.15) is 11.5 Å². The predicted octanol–water partition coefficient (Wildman–Crippen LogP) is 4.40. The van der Waals surface area contributed by atoms with E-state index in [9.17, 15) is 4.79 Å². The maximum atomic E-state index is 12.5. The van der Waals surface area contributed by atoms with Crippen LogP contribution in [-0.2, 0) is 4.79 Å². The van der Waals surface area contributed by atoms with Crippen LogP contribution in [0.1, 0.15) is 24.9 Å². The number of carbonyl (C=O) groups excluding carboxylic acids is 1. The van der Waals surface area contributed by atoms with E-state index in [1.54, 1.807) is 25.1 Å². The van der Waals surface area contributed by atoms with Crippen molar-refractivity contribution >= 4 is 29.1 Å². The predicted molar refractivity (Wildman–Crippen MR) is 94.0 cm³/mol. The number of hydrogen-bond donors (Lipinski definition) is 1. The molecule has 0 radical (unpaired) electrons. The molecule has 4 nitrogen and oxygen atoms in total. The number of amides is 1. The van der Waals surface area contributed by atoms with Crippen LogP contribution in [0.15, 0.2) is 42.5 Å². The van der Waals surface area contributed by atoms with E-state index in [4.69, 9.17) is 32.7 Å². The number of carbonyl (C=O) groups is 1. The topological polar surface area (TPSA) is 47.6 Å². The van der Waals surface area contributed by atoms with Gasteiger partial charge >= 0.3 is 0 Å². The molecule has 0 aliphatic carbocycles. The molecule has 24 heavy (non-hydrogen) atoms. The summed E-state index contributed by atoms with van der Waals surface area (Å²) in [7, 11) is 0. The standard InChI is InChI=1S/C18H17Cl2NO3/c1-11(24-17-7-6-12(19)10-14(17)20)18(22)21-15-8-9-23-16-5-3-2-4-13(15)16/h2-7,10-11,15H,8-9H2,1H3,(H,21,22)/t11-,15+/m1/s1. The monoisotopic (exact) mass is 365 g/mol. The van der Waals surface area contributed by atoms with Crippen LogP contribution in [0, 0.1) is 0 Å². The molecule has 1 aliphatic rings. The zero-order valence-corrected chi connectivity index (χ0v) is 14.6. The van der Waals surface area contributed by atoms with Crippen LogP contribution in [-0.4, -0.2) is 18.6 Å². The highest BCUT2D eigenvalue weighted by Crippen LogP contribution is 2.32. The Morgan fingerprint density at radius 2 is 2.08 bits per heavy atom. The van der Waals surface area contributed by atoms with Gasteiger partial charge in [-0.3, -0.25) is 4.79 Å². The largest absolute Gasteiger partial charge is 0.493 e. The first-order valence-corrected chi connectivity index (χ1v) is 8.44. The van der Waals surface area contributed by atoms with Crippen LogP contribution in [0.4, 0.5) is 0 Å². The van der Waals surface area contributed by atoms with Crippen LogP contribution < -0.4 is 14.8 Å². The van der Waals surface area contributed by atoms with Crippen molar-refractivity contribution in [3.63, 3.8) is 0 Å². The van der Waals surface area contributed by atoms with Gasteiger partial charge in [-0.25, -0.2) is 0 Å². The molecule has 1 aliphatic heterocycles. The number of rotatable bonds is 4. The lowest BCUT2D eigenvalue weighted by Gasteiger charge is -2.27. The average molecular weight is 366 g/mol. The number of benzene rings is 2. The summed E-state index contributed by atoms with van der Waals surface area (Å²) in [5, 5.41) is 3.90. The molecule has 126 valence electrons. The Hall–Kier alpha value is -1.91. The lowest BCUT2D eigenvalue weighted by molar-refractivity contribution is -0.128. The molecule has 0 unspecified atom stereocenters. The fourth-order valence-electron chi connectivity index (χ4n) is 2.60. The Balaban J connectivity index is 1.67. The van der Waals surface area contributed by atoms with Gasteiger partial charge in [-0.15, -0.1) is 0 Å². The highest BCUT2D eigenvalue weighted by Gasteiger charge is 2.25. The summed E-state index contributed by atoms with van der Waals surface area (Å²) < 4.78 is 11.3. The smallest absolute Gasteiger partial charge is 0.261 e. The number of para-hydroxylation sites is 1. The molecule has 2 aromatic carbocycles. The molecule has 0 saturated heterocycles. The van der Waals surface area contributed by atoms with Crippen LogP contribution in [0.2, 0.25) is 10.0 Å².